The number of ether oxygens (including phenoxy) is 1. The van der Waals surface area contributed by atoms with E-state index in [2.05, 4.69) is 21.7 Å². The van der Waals surface area contributed by atoms with Gasteiger partial charge >= 0.3 is 12.1 Å². The van der Waals surface area contributed by atoms with Crippen LogP contribution < -0.4 is 16.2 Å². The predicted octanol–water partition coefficient (Wildman–Crippen LogP) is 3.39. The van der Waals surface area contributed by atoms with Crippen molar-refractivity contribution in [1.82, 2.24) is 14.9 Å². The number of hydrogen-bond acceptors (Lipinski definition) is 6. The second-order valence-electron chi connectivity index (χ2n) is 9.39. The molecule has 0 bridgehead atoms. The maximum atomic E-state index is 12.9. The number of carbonyl (C=O) groups is 2. The molecule has 208 valence electrons. The minimum absolute atomic E-state index is 0.0284. The van der Waals surface area contributed by atoms with Gasteiger partial charge in [-0.1, -0.05) is 6.07 Å². The normalized spacial score (nSPS) is 13.9. The van der Waals surface area contributed by atoms with Crippen molar-refractivity contribution in [1.29, 1.82) is 0 Å². The summed E-state index contributed by atoms with van der Waals surface area (Å²) in [5, 5.41) is 15.2. The number of carboxylic acid groups (broad SMARTS) is 1. The first-order valence-corrected chi connectivity index (χ1v) is 12.6. The molecule has 1 aliphatic rings. The molecule has 38 heavy (non-hydrogen) atoms. The summed E-state index contributed by atoms with van der Waals surface area (Å²) in [6.45, 7) is 2.50. The van der Waals surface area contributed by atoms with E-state index in [0.29, 0.717) is 11.2 Å². The number of fused-ring (bicyclic) bond motifs is 1. The Morgan fingerprint density at radius 2 is 2.00 bits per heavy atom. The third kappa shape index (κ3) is 8.04. The molecular weight excluding hydrogens is 505 g/mol. The van der Waals surface area contributed by atoms with Crippen LogP contribution in [0.25, 0.3) is 0 Å². The highest BCUT2D eigenvalue weighted by Gasteiger charge is 2.31. The zero-order valence-corrected chi connectivity index (χ0v) is 21.5. The Hall–Kier alpha value is -3.41. The molecule has 0 aliphatic carbocycles. The molecule has 2 aromatic heterocycles. The fourth-order valence-electron chi connectivity index (χ4n) is 4.45. The highest BCUT2D eigenvalue weighted by atomic mass is 19.4. The van der Waals surface area contributed by atoms with Crippen LogP contribution in [0, 0.1) is 13.8 Å². The summed E-state index contributed by atoms with van der Waals surface area (Å²) in [4.78, 5) is 41.2. The van der Waals surface area contributed by atoms with Crippen molar-refractivity contribution in [2.24, 2.45) is 0 Å². The Balaban J connectivity index is 1.47. The van der Waals surface area contributed by atoms with Crippen molar-refractivity contribution in [3.05, 3.63) is 56.6 Å². The first-order valence-electron chi connectivity index (χ1n) is 12.6. The monoisotopic (exact) mass is 538 g/mol. The van der Waals surface area contributed by atoms with Crippen LogP contribution in [-0.4, -0.2) is 58.5 Å². The van der Waals surface area contributed by atoms with Crippen LogP contribution in [0.15, 0.2) is 23.0 Å². The number of rotatable bonds is 12. The summed E-state index contributed by atoms with van der Waals surface area (Å²) < 4.78 is 44.7. The number of aromatic nitrogens is 2. The van der Waals surface area contributed by atoms with E-state index in [1.807, 2.05) is 6.07 Å². The summed E-state index contributed by atoms with van der Waals surface area (Å²) in [7, 11) is 0. The van der Waals surface area contributed by atoms with E-state index < -0.39 is 36.2 Å². The van der Waals surface area contributed by atoms with Crippen molar-refractivity contribution < 1.29 is 32.6 Å². The minimum atomic E-state index is -4.66. The first-order chi connectivity index (χ1) is 18.0. The second-order valence-corrected chi connectivity index (χ2v) is 9.39. The Kier molecular flexibility index (Phi) is 9.90. The standard InChI is InChI=1S/C26H33F3N4O5/c1-16-14-21(34)33(15-26(27,28)29)17(2)22(16)24(35)32-20(25(36)37)10-13-38-12-4-3-7-19-9-8-18-6-5-11-30-23(18)31-19/h8-9,14,20H,3-7,10-13,15H2,1-2H3,(H,30,31)(H,32,35)(H,36,37)/t20-/m0/s1. The lowest BCUT2D eigenvalue weighted by Crippen LogP contribution is -2.43. The van der Waals surface area contributed by atoms with Crippen molar-refractivity contribution >= 4 is 17.7 Å². The van der Waals surface area contributed by atoms with Crippen LogP contribution in [0.2, 0.25) is 0 Å². The number of carboxylic acids is 1. The van der Waals surface area contributed by atoms with Gasteiger partial charge in [-0.05, 0) is 63.1 Å². The Labute approximate surface area is 218 Å². The van der Waals surface area contributed by atoms with Gasteiger partial charge in [0.2, 0.25) is 0 Å². The predicted molar refractivity (Wildman–Crippen MR) is 135 cm³/mol. The number of hydrogen-bond donors (Lipinski definition) is 3. The van der Waals surface area contributed by atoms with Crippen LogP contribution >= 0.6 is 0 Å². The second kappa shape index (κ2) is 12.9. The number of carbonyl (C=O) groups excluding carboxylic acids is 1. The molecule has 0 spiro atoms. The average molecular weight is 539 g/mol. The van der Waals surface area contributed by atoms with Gasteiger partial charge in [0.05, 0.1) is 5.56 Å². The summed E-state index contributed by atoms with van der Waals surface area (Å²) in [5.41, 5.74) is 1.15. The molecule has 1 aliphatic heterocycles. The smallest absolute Gasteiger partial charge is 0.406 e. The Morgan fingerprint density at radius 3 is 2.71 bits per heavy atom. The SMILES string of the molecule is Cc1cc(=O)n(CC(F)(F)F)c(C)c1C(=O)N[C@@H](CCOCCCCc1ccc2c(n1)NCCC2)C(=O)O. The van der Waals surface area contributed by atoms with E-state index in [9.17, 15) is 32.7 Å². The molecule has 3 rings (SSSR count). The number of alkyl halides is 3. The van der Waals surface area contributed by atoms with E-state index >= 15 is 0 Å². The zero-order chi connectivity index (χ0) is 27.9. The van der Waals surface area contributed by atoms with Crippen LogP contribution in [0.5, 0.6) is 0 Å². The van der Waals surface area contributed by atoms with Gasteiger partial charge in [-0.3, -0.25) is 9.59 Å². The molecule has 0 unspecified atom stereocenters. The summed E-state index contributed by atoms with van der Waals surface area (Å²) in [6, 6.07) is 3.76. The molecule has 1 atom stereocenters. The van der Waals surface area contributed by atoms with Gasteiger partial charge in [0.15, 0.2) is 0 Å². The van der Waals surface area contributed by atoms with Gasteiger partial charge in [-0.2, -0.15) is 13.2 Å². The Bertz CT molecular complexity index is 1210. The number of unbranched alkanes of at least 4 members (excludes halogenated alkanes) is 1. The fourth-order valence-corrected chi connectivity index (χ4v) is 4.45. The summed E-state index contributed by atoms with van der Waals surface area (Å²) in [6.07, 6.45) is -0.168. The van der Waals surface area contributed by atoms with E-state index in [1.165, 1.54) is 19.4 Å². The molecule has 9 nitrogen and oxygen atoms in total. The molecule has 0 saturated carbocycles. The topological polar surface area (TPSA) is 123 Å². The molecule has 0 radical (unpaired) electrons. The van der Waals surface area contributed by atoms with Gasteiger partial charge in [0.1, 0.15) is 18.4 Å². The number of halogens is 3. The van der Waals surface area contributed by atoms with Gasteiger partial charge < -0.3 is 25.0 Å². The maximum Gasteiger partial charge on any atom is 0.406 e. The average Bonchev–Trinajstić information content (AvgIpc) is 2.84. The first kappa shape index (κ1) is 29.2. The molecule has 1 amide bonds. The lowest BCUT2D eigenvalue weighted by atomic mass is 10.1. The van der Waals surface area contributed by atoms with Crippen LogP contribution in [0.3, 0.4) is 0 Å². The van der Waals surface area contributed by atoms with Gasteiger partial charge in [-0.15, -0.1) is 0 Å². The molecule has 0 saturated heterocycles. The van der Waals surface area contributed by atoms with Crippen LogP contribution in [0.1, 0.15) is 58.6 Å². The van der Waals surface area contributed by atoms with Crippen molar-refractivity contribution in [2.45, 2.75) is 71.1 Å². The lowest BCUT2D eigenvalue weighted by molar-refractivity contribution is -0.141. The number of nitrogens with zero attached hydrogens (tertiary/aromatic N) is 2. The molecule has 3 N–H and O–H groups in total. The molecule has 3 heterocycles. The summed E-state index contributed by atoms with van der Waals surface area (Å²) in [5.74, 6) is -1.21. The quantitative estimate of drug-likeness (QED) is 0.354. The third-order valence-electron chi connectivity index (χ3n) is 6.41. The summed E-state index contributed by atoms with van der Waals surface area (Å²) >= 11 is 0. The van der Waals surface area contributed by atoms with Gasteiger partial charge in [0.25, 0.3) is 11.5 Å². The lowest BCUT2D eigenvalue weighted by Gasteiger charge is -2.19. The van der Waals surface area contributed by atoms with E-state index in [1.54, 1.807) is 0 Å². The number of anilines is 1. The van der Waals surface area contributed by atoms with Gasteiger partial charge in [0, 0.05) is 43.6 Å². The fraction of sp³-hybridized carbons (Fsp3) is 0.538. The van der Waals surface area contributed by atoms with E-state index in [-0.39, 0.29) is 29.8 Å². The number of aliphatic carboxylic acids is 1. The molecule has 0 fully saturated rings. The molecule has 12 heteroatoms. The van der Waals surface area contributed by atoms with Crippen LogP contribution in [-0.2, 0) is 28.9 Å². The largest absolute Gasteiger partial charge is 0.480 e. The Morgan fingerprint density at radius 1 is 1.24 bits per heavy atom. The molecular formula is C26H33F3N4O5. The third-order valence-corrected chi connectivity index (χ3v) is 6.41. The number of aryl methyl sites for hydroxylation is 3. The number of nitrogens with one attached hydrogen (secondary N) is 2. The van der Waals surface area contributed by atoms with Crippen LogP contribution in [0.4, 0.5) is 19.0 Å². The highest BCUT2D eigenvalue weighted by molar-refractivity contribution is 5.98. The van der Waals surface area contributed by atoms with Crippen molar-refractivity contribution in [3.63, 3.8) is 0 Å². The maximum absolute atomic E-state index is 12.9. The minimum Gasteiger partial charge on any atom is -0.480 e. The van der Waals surface area contributed by atoms with Crippen molar-refractivity contribution in [3.8, 4) is 0 Å². The van der Waals surface area contributed by atoms with E-state index in [0.717, 1.165) is 56.2 Å². The highest BCUT2D eigenvalue weighted by Crippen LogP contribution is 2.21. The molecule has 0 aromatic carbocycles. The zero-order valence-electron chi connectivity index (χ0n) is 21.5. The number of amides is 1. The molecule has 2 aromatic rings. The number of pyridine rings is 2. The van der Waals surface area contributed by atoms with Crippen molar-refractivity contribution in [2.75, 3.05) is 25.1 Å². The van der Waals surface area contributed by atoms with E-state index in [4.69, 9.17) is 4.74 Å². The van der Waals surface area contributed by atoms with Gasteiger partial charge in [-0.25, -0.2) is 9.78 Å².